The van der Waals surface area contributed by atoms with Crippen LogP contribution in [0.4, 0.5) is 0 Å². The van der Waals surface area contributed by atoms with Gasteiger partial charge in [-0.05, 0) is 12.1 Å². The van der Waals surface area contributed by atoms with Crippen molar-refractivity contribution in [1.82, 2.24) is 14.7 Å². The van der Waals surface area contributed by atoms with E-state index in [1.165, 1.54) is 4.90 Å². The van der Waals surface area contributed by atoms with Crippen molar-refractivity contribution >= 4 is 11.8 Å². The Morgan fingerprint density at radius 3 is 2.05 bits per heavy atom. The molecule has 0 saturated carbocycles. The van der Waals surface area contributed by atoms with Gasteiger partial charge in [0, 0.05) is 39.1 Å². The van der Waals surface area contributed by atoms with E-state index in [0.29, 0.717) is 24.2 Å². The third-order valence-corrected chi connectivity index (χ3v) is 4.22. The number of amides is 2. The van der Waals surface area contributed by atoms with Gasteiger partial charge in [-0.1, -0.05) is 12.1 Å². The summed E-state index contributed by atoms with van der Waals surface area (Å²) >= 11 is 0. The third kappa shape index (κ3) is 2.73. The van der Waals surface area contributed by atoms with Crippen molar-refractivity contribution in [3.63, 3.8) is 0 Å². The average molecular weight is 298 g/mol. The highest BCUT2D eigenvalue weighted by Crippen LogP contribution is 2.22. The van der Waals surface area contributed by atoms with Crippen LogP contribution in [0, 0.1) is 11.3 Å². The van der Waals surface area contributed by atoms with Gasteiger partial charge in [0.25, 0.3) is 11.8 Å². The first kappa shape index (κ1) is 14.7. The summed E-state index contributed by atoms with van der Waals surface area (Å²) in [5.74, 6) is -0.403. The molecule has 0 unspecified atom stereocenters. The Morgan fingerprint density at radius 1 is 0.955 bits per heavy atom. The predicted octanol–water partition coefficient (Wildman–Crippen LogP) is 0.771. The predicted molar refractivity (Wildman–Crippen MR) is 80.1 cm³/mol. The van der Waals surface area contributed by atoms with E-state index in [-0.39, 0.29) is 11.8 Å². The molecule has 0 N–H and O–H groups in total. The molecule has 114 valence electrons. The van der Waals surface area contributed by atoms with Gasteiger partial charge < -0.3 is 0 Å². The van der Waals surface area contributed by atoms with Crippen molar-refractivity contribution in [1.29, 1.82) is 5.26 Å². The lowest BCUT2D eigenvalue weighted by Gasteiger charge is -2.35. The Kier molecular flexibility index (Phi) is 4.18. The second kappa shape index (κ2) is 6.26. The van der Waals surface area contributed by atoms with Crippen LogP contribution in [0.1, 0.15) is 27.1 Å². The molecule has 22 heavy (non-hydrogen) atoms. The number of hydrogen-bond donors (Lipinski definition) is 0. The van der Waals surface area contributed by atoms with Crippen molar-refractivity contribution in [3.05, 3.63) is 35.4 Å². The second-order valence-electron chi connectivity index (χ2n) is 5.59. The number of piperazine rings is 1. The van der Waals surface area contributed by atoms with E-state index in [0.717, 1.165) is 32.7 Å². The minimum atomic E-state index is -0.201. The maximum atomic E-state index is 12.3. The quantitative estimate of drug-likeness (QED) is 0.768. The summed E-state index contributed by atoms with van der Waals surface area (Å²) < 4.78 is 0. The first-order valence-corrected chi connectivity index (χ1v) is 7.47. The lowest BCUT2D eigenvalue weighted by Crippen LogP contribution is -2.51. The zero-order valence-corrected chi connectivity index (χ0v) is 12.4. The van der Waals surface area contributed by atoms with Gasteiger partial charge in [0.2, 0.25) is 0 Å². The molecule has 6 nitrogen and oxygen atoms in total. The first-order chi connectivity index (χ1) is 10.7. The highest BCUT2D eigenvalue weighted by atomic mass is 16.2. The fourth-order valence-corrected chi connectivity index (χ4v) is 2.93. The van der Waals surface area contributed by atoms with Crippen LogP contribution in [0.15, 0.2) is 24.3 Å². The molecule has 1 aromatic carbocycles. The van der Waals surface area contributed by atoms with Crippen LogP contribution in [0.5, 0.6) is 0 Å². The lowest BCUT2D eigenvalue weighted by atomic mass is 10.1. The second-order valence-corrected chi connectivity index (χ2v) is 5.59. The SMILES string of the molecule is N#CCCN1CCN(CN2C(=O)c3ccccc3C2=O)CC1. The molecule has 0 aliphatic carbocycles. The van der Waals surface area contributed by atoms with Crippen molar-refractivity contribution in [2.24, 2.45) is 0 Å². The maximum Gasteiger partial charge on any atom is 0.262 e. The third-order valence-electron chi connectivity index (χ3n) is 4.22. The molecular weight excluding hydrogens is 280 g/mol. The molecule has 0 spiro atoms. The van der Waals surface area contributed by atoms with E-state index in [2.05, 4.69) is 15.9 Å². The smallest absolute Gasteiger partial charge is 0.262 e. The summed E-state index contributed by atoms with van der Waals surface area (Å²) in [6.07, 6.45) is 0.540. The number of carbonyl (C=O) groups excluding carboxylic acids is 2. The summed E-state index contributed by atoms with van der Waals surface area (Å²) in [6, 6.07) is 9.12. The zero-order chi connectivity index (χ0) is 15.5. The van der Waals surface area contributed by atoms with Gasteiger partial charge in [-0.15, -0.1) is 0 Å². The molecule has 2 aliphatic heterocycles. The van der Waals surface area contributed by atoms with Gasteiger partial charge >= 0.3 is 0 Å². The number of nitrogens with zero attached hydrogens (tertiary/aromatic N) is 4. The summed E-state index contributed by atoms with van der Waals surface area (Å²) in [6.45, 7) is 4.48. The molecule has 6 heteroatoms. The molecule has 3 rings (SSSR count). The molecule has 0 atom stereocenters. The van der Waals surface area contributed by atoms with E-state index in [1.54, 1.807) is 24.3 Å². The Bertz CT molecular complexity index is 594. The number of hydrogen-bond acceptors (Lipinski definition) is 5. The normalized spacial score (nSPS) is 19.3. The average Bonchev–Trinajstić information content (AvgIpc) is 2.80. The number of fused-ring (bicyclic) bond motifs is 1. The van der Waals surface area contributed by atoms with Gasteiger partial charge in [-0.3, -0.25) is 24.3 Å². The maximum absolute atomic E-state index is 12.3. The molecule has 0 radical (unpaired) electrons. The largest absolute Gasteiger partial charge is 0.300 e. The topological polar surface area (TPSA) is 67.7 Å². The number of nitriles is 1. The molecule has 2 heterocycles. The minimum absolute atomic E-state index is 0.201. The van der Waals surface area contributed by atoms with Crippen LogP contribution in [-0.2, 0) is 0 Å². The highest BCUT2D eigenvalue weighted by Gasteiger charge is 2.36. The van der Waals surface area contributed by atoms with Gasteiger partial charge in [0.1, 0.15) is 0 Å². The van der Waals surface area contributed by atoms with E-state index in [4.69, 9.17) is 5.26 Å². The fourth-order valence-electron chi connectivity index (χ4n) is 2.93. The van der Waals surface area contributed by atoms with Crippen LogP contribution in [0.25, 0.3) is 0 Å². The zero-order valence-electron chi connectivity index (χ0n) is 12.4. The Balaban J connectivity index is 1.59. The fraction of sp³-hybridized carbons (Fsp3) is 0.438. The number of carbonyl (C=O) groups is 2. The molecule has 2 amide bonds. The van der Waals surface area contributed by atoms with Gasteiger partial charge in [0.05, 0.1) is 23.9 Å². The molecule has 1 saturated heterocycles. The molecule has 1 aromatic rings. The standard InChI is InChI=1S/C16H18N4O2/c17-6-3-7-18-8-10-19(11-9-18)12-20-15(21)13-4-1-2-5-14(13)16(20)22/h1-2,4-5H,3,7-12H2. The van der Waals surface area contributed by atoms with E-state index < -0.39 is 0 Å². The number of rotatable bonds is 4. The summed E-state index contributed by atoms with van der Waals surface area (Å²) in [4.78, 5) is 30.3. The Morgan fingerprint density at radius 2 is 1.50 bits per heavy atom. The summed E-state index contributed by atoms with van der Waals surface area (Å²) in [7, 11) is 0. The van der Waals surface area contributed by atoms with Gasteiger partial charge in [0.15, 0.2) is 0 Å². The molecular formula is C16H18N4O2. The van der Waals surface area contributed by atoms with Crippen molar-refractivity contribution in [3.8, 4) is 6.07 Å². The summed E-state index contributed by atoms with van der Waals surface area (Å²) in [5, 5.41) is 8.61. The molecule has 2 aliphatic rings. The first-order valence-electron chi connectivity index (χ1n) is 7.47. The molecule has 0 aromatic heterocycles. The van der Waals surface area contributed by atoms with E-state index in [1.807, 2.05) is 0 Å². The van der Waals surface area contributed by atoms with Crippen molar-refractivity contribution in [2.75, 3.05) is 39.4 Å². The Labute approximate surface area is 129 Å². The summed E-state index contributed by atoms with van der Waals surface area (Å²) in [5.41, 5.74) is 1.00. The lowest BCUT2D eigenvalue weighted by molar-refractivity contribution is 0.0456. The number of benzene rings is 1. The monoisotopic (exact) mass is 298 g/mol. The number of imide groups is 1. The van der Waals surface area contributed by atoms with Crippen LogP contribution in [0.3, 0.4) is 0 Å². The minimum Gasteiger partial charge on any atom is -0.300 e. The van der Waals surface area contributed by atoms with Crippen LogP contribution in [0.2, 0.25) is 0 Å². The Hall–Kier alpha value is -2.23. The van der Waals surface area contributed by atoms with Crippen LogP contribution >= 0.6 is 0 Å². The van der Waals surface area contributed by atoms with E-state index >= 15 is 0 Å². The van der Waals surface area contributed by atoms with Crippen LogP contribution < -0.4 is 0 Å². The molecule has 0 bridgehead atoms. The highest BCUT2D eigenvalue weighted by molar-refractivity contribution is 6.21. The van der Waals surface area contributed by atoms with Gasteiger partial charge in [-0.2, -0.15) is 5.26 Å². The van der Waals surface area contributed by atoms with Crippen molar-refractivity contribution < 1.29 is 9.59 Å². The van der Waals surface area contributed by atoms with Crippen LogP contribution in [-0.4, -0.2) is 65.9 Å². The van der Waals surface area contributed by atoms with Gasteiger partial charge in [-0.25, -0.2) is 0 Å². The van der Waals surface area contributed by atoms with E-state index in [9.17, 15) is 9.59 Å². The molecule has 1 fully saturated rings. The van der Waals surface area contributed by atoms with Crippen molar-refractivity contribution in [2.45, 2.75) is 6.42 Å².